The fourth-order valence-electron chi connectivity index (χ4n) is 2.22. The molecule has 0 aliphatic heterocycles. The zero-order chi connectivity index (χ0) is 14.7. The number of rotatable bonds is 4. The second kappa shape index (κ2) is 5.82. The molecule has 0 unspecified atom stereocenters. The van der Waals surface area contributed by atoms with Crippen LogP contribution in [0.15, 0.2) is 24.3 Å². The van der Waals surface area contributed by atoms with Gasteiger partial charge in [0.2, 0.25) is 5.75 Å². The van der Waals surface area contributed by atoms with Gasteiger partial charge in [0.15, 0.2) is 11.5 Å². The molecule has 4 heteroatoms. The van der Waals surface area contributed by atoms with Crippen LogP contribution in [0.2, 0.25) is 0 Å². The Morgan fingerprint density at radius 1 is 0.800 bits per heavy atom. The first-order valence-corrected chi connectivity index (χ1v) is 6.34. The number of ether oxygens (including phenoxy) is 3. The number of methoxy groups -OCH3 is 3. The summed E-state index contributed by atoms with van der Waals surface area (Å²) in [7, 11) is 4.81. The van der Waals surface area contributed by atoms with Crippen molar-refractivity contribution in [1.82, 2.24) is 4.98 Å². The molecule has 0 aliphatic carbocycles. The maximum absolute atomic E-state index is 5.37. The van der Waals surface area contributed by atoms with Crippen LogP contribution in [0.3, 0.4) is 0 Å². The van der Waals surface area contributed by atoms with Crippen molar-refractivity contribution in [2.45, 2.75) is 13.8 Å². The van der Waals surface area contributed by atoms with Gasteiger partial charge in [-0.05, 0) is 43.7 Å². The minimum atomic E-state index is 0.586. The highest BCUT2D eigenvalue weighted by molar-refractivity contribution is 5.69. The van der Waals surface area contributed by atoms with Crippen molar-refractivity contribution in [2.24, 2.45) is 0 Å². The molecule has 0 aliphatic rings. The highest BCUT2D eigenvalue weighted by atomic mass is 16.5. The van der Waals surface area contributed by atoms with E-state index in [1.165, 1.54) is 5.56 Å². The van der Waals surface area contributed by atoms with Gasteiger partial charge < -0.3 is 14.2 Å². The molecule has 2 aromatic rings. The molecule has 106 valence electrons. The summed E-state index contributed by atoms with van der Waals surface area (Å²) in [5, 5.41) is 0. The molecule has 1 heterocycles. The average Bonchev–Trinajstić information content (AvgIpc) is 2.44. The van der Waals surface area contributed by atoms with E-state index < -0.39 is 0 Å². The lowest BCUT2D eigenvalue weighted by molar-refractivity contribution is 0.324. The summed E-state index contributed by atoms with van der Waals surface area (Å²) in [5.41, 5.74) is 3.98. The maximum atomic E-state index is 5.37. The highest BCUT2D eigenvalue weighted by Crippen LogP contribution is 2.40. The zero-order valence-corrected chi connectivity index (χ0v) is 12.5. The lowest BCUT2D eigenvalue weighted by Gasteiger charge is -2.14. The van der Waals surface area contributed by atoms with Crippen LogP contribution in [-0.2, 0) is 0 Å². The van der Waals surface area contributed by atoms with E-state index in [1.54, 1.807) is 21.3 Å². The van der Waals surface area contributed by atoms with E-state index in [1.807, 2.05) is 31.2 Å². The van der Waals surface area contributed by atoms with Crippen LogP contribution in [0.4, 0.5) is 0 Å². The first-order chi connectivity index (χ1) is 9.58. The number of aryl methyl sites for hydroxylation is 2. The Bertz CT molecular complexity index is 578. The standard InChI is InChI=1S/C16H19NO3/c1-10-6-11(2)17-13(7-10)12-8-14(18-3)16(20-5)15(9-12)19-4/h6-9H,1-5H3. The molecular weight excluding hydrogens is 254 g/mol. The van der Waals surface area contributed by atoms with Crippen LogP contribution in [0, 0.1) is 13.8 Å². The third-order valence-electron chi connectivity index (χ3n) is 3.06. The molecule has 1 aromatic heterocycles. The van der Waals surface area contributed by atoms with Crippen molar-refractivity contribution in [1.29, 1.82) is 0 Å². The topological polar surface area (TPSA) is 40.6 Å². The van der Waals surface area contributed by atoms with Gasteiger partial charge in [-0.15, -0.1) is 0 Å². The first-order valence-electron chi connectivity index (χ1n) is 6.34. The quantitative estimate of drug-likeness (QED) is 0.856. The summed E-state index contributed by atoms with van der Waals surface area (Å²) in [6.45, 7) is 4.03. The van der Waals surface area contributed by atoms with Crippen LogP contribution >= 0.6 is 0 Å². The minimum Gasteiger partial charge on any atom is -0.493 e. The van der Waals surface area contributed by atoms with Gasteiger partial charge in [-0.2, -0.15) is 0 Å². The number of hydrogen-bond acceptors (Lipinski definition) is 4. The predicted octanol–water partition coefficient (Wildman–Crippen LogP) is 3.39. The molecule has 0 atom stereocenters. The van der Waals surface area contributed by atoms with Crippen molar-refractivity contribution in [2.75, 3.05) is 21.3 Å². The van der Waals surface area contributed by atoms with Crippen LogP contribution in [-0.4, -0.2) is 26.3 Å². The number of nitrogens with zero attached hydrogens (tertiary/aromatic N) is 1. The summed E-state index contributed by atoms with van der Waals surface area (Å²) in [6.07, 6.45) is 0. The minimum absolute atomic E-state index is 0.586. The summed E-state index contributed by atoms with van der Waals surface area (Å²) in [6, 6.07) is 7.89. The molecule has 0 radical (unpaired) electrons. The van der Waals surface area contributed by atoms with Crippen LogP contribution in [0.1, 0.15) is 11.3 Å². The van der Waals surface area contributed by atoms with Crippen molar-refractivity contribution in [3.8, 4) is 28.5 Å². The lowest BCUT2D eigenvalue weighted by Crippen LogP contribution is -1.97. The molecule has 0 spiro atoms. The first kappa shape index (κ1) is 14.2. The van der Waals surface area contributed by atoms with Gasteiger partial charge >= 0.3 is 0 Å². The number of benzene rings is 1. The number of hydrogen-bond donors (Lipinski definition) is 0. The summed E-state index contributed by atoms with van der Waals surface area (Å²) >= 11 is 0. The third-order valence-corrected chi connectivity index (χ3v) is 3.06. The van der Waals surface area contributed by atoms with Gasteiger partial charge in [-0.25, -0.2) is 0 Å². The van der Waals surface area contributed by atoms with Gasteiger partial charge in [0.25, 0.3) is 0 Å². The molecule has 2 rings (SSSR count). The van der Waals surface area contributed by atoms with Crippen LogP contribution in [0.25, 0.3) is 11.3 Å². The molecule has 0 N–H and O–H groups in total. The molecule has 0 saturated heterocycles. The highest BCUT2D eigenvalue weighted by Gasteiger charge is 2.14. The Balaban J connectivity index is 2.62. The van der Waals surface area contributed by atoms with E-state index in [0.717, 1.165) is 17.0 Å². The molecular formula is C16H19NO3. The summed E-state index contributed by atoms with van der Waals surface area (Å²) in [5.74, 6) is 1.84. The smallest absolute Gasteiger partial charge is 0.203 e. The van der Waals surface area contributed by atoms with Gasteiger partial charge in [0, 0.05) is 11.3 Å². The molecule has 0 saturated carbocycles. The van der Waals surface area contributed by atoms with Crippen molar-refractivity contribution >= 4 is 0 Å². The van der Waals surface area contributed by atoms with E-state index in [9.17, 15) is 0 Å². The molecule has 0 bridgehead atoms. The Hall–Kier alpha value is -2.23. The van der Waals surface area contributed by atoms with E-state index in [-0.39, 0.29) is 0 Å². The van der Waals surface area contributed by atoms with Crippen molar-refractivity contribution in [3.05, 3.63) is 35.5 Å². The largest absolute Gasteiger partial charge is 0.493 e. The maximum Gasteiger partial charge on any atom is 0.203 e. The Labute approximate surface area is 119 Å². The van der Waals surface area contributed by atoms with Crippen LogP contribution in [0.5, 0.6) is 17.2 Å². The Morgan fingerprint density at radius 3 is 1.85 bits per heavy atom. The monoisotopic (exact) mass is 273 g/mol. The van der Waals surface area contributed by atoms with Gasteiger partial charge in [-0.3, -0.25) is 4.98 Å². The zero-order valence-electron chi connectivity index (χ0n) is 12.5. The Morgan fingerprint density at radius 2 is 1.40 bits per heavy atom. The summed E-state index contributed by atoms with van der Waals surface area (Å²) < 4.78 is 16.1. The fraction of sp³-hybridized carbons (Fsp3) is 0.312. The van der Waals surface area contributed by atoms with E-state index in [0.29, 0.717) is 17.2 Å². The normalized spacial score (nSPS) is 10.2. The predicted molar refractivity (Wildman–Crippen MR) is 78.8 cm³/mol. The molecule has 1 aromatic carbocycles. The van der Waals surface area contributed by atoms with Crippen molar-refractivity contribution < 1.29 is 14.2 Å². The molecule has 4 nitrogen and oxygen atoms in total. The van der Waals surface area contributed by atoms with Gasteiger partial charge in [0.1, 0.15) is 0 Å². The second-order valence-electron chi connectivity index (χ2n) is 4.59. The van der Waals surface area contributed by atoms with E-state index in [4.69, 9.17) is 14.2 Å². The van der Waals surface area contributed by atoms with Gasteiger partial charge in [0.05, 0.1) is 27.0 Å². The van der Waals surface area contributed by atoms with Crippen molar-refractivity contribution in [3.63, 3.8) is 0 Å². The van der Waals surface area contributed by atoms with Gasteiger partial charge in [-0.1, -0.05) is 0 Å². The molecule has 0 fully saturated rings. The number of pyridine rings is 1. The second-order valence-corrected chi connectivity index (χ2v) is 4.59. The van der Waals surface area contributed by atoms with E-state index >= 15 is 0 Å². The third kappa shape index (κ3) is 2.69. The SMILES string of the molecule is COc1cc(-c2cc(C)cc(C)n2)cc(OC)c1OC. The molecule has 0 amide bonds. The lowest BCUT2D eigenvalue weighted by atomic mass is 10.1. The van der Waals surface area contributed by atoms with E-state index in [2.05, 4.69) is 11.9 Å². The number of aromatic nitrogens is 1. The fourth-order valence-corrected chi connectivity index (χ4v) is 2.22. The Kier molecular flexibility index (Phi) is 4.13. The van der Waals surface area contributed by atoms with Crippen LogP contribution < -0.4 is 14.2 Å². The molecule has 20 heavy (non-hydrogen) atoms. The average molecular weight is 273 g/mol. The summed E-state index contributed by atoms with van der Waals surface area (Å²) in [4.78, 5) is 4.56.